The normalized spacial score (nSPS) is 25.8. The topological polar surface area (TPSA) is 101 Å². The Morgan fingerprint density at radius 3 is 2.58 bits per heavy atom. The number of aliphatic hydroxyl groups excluding tert-OH is 3. The summed E-state index contributed by atoms with van der Waals surface area (Å²) in [5.41, 5.74) is 0.527. The molecule has 0 bridgehead atoms. The zero-order valence-corrected chi connectivity index (χ0v) is 14.3. The Labute approximate surface area is 152 Å². The molecule has 3 aromatic rings. The summed E-state index contributed by atoms with van der Waals surface area (Å²) in [6.45, 7) is -0.394. The molecule has 136 valence electrons. The van der Waals surface area contributed by atoms with Crippen molar-refractivity contribution in [2.75, 3.05) is 6.61 Å². The summed E-state index contributed by atoms with van der Waals surface area (Å²) in [5.74, 6) is -0.308. The van der Waals surface area contributed by atoms with Crippen molar-refractivity contribution in [2.45, 2.75) is 34.5 Å². The van der Waals surface area contributed by atoms with Crippen molar-refractivity contribution in [3.63, 3.8) is 0 Å². The summed E-state index contributed by atoms with van der Waals surface area (Å²) in [6, 6.07) is 7.87. The van der Waals surface area contributed by atoms with Crippen molar-refractivity contribution in [1.82, 2.24) is 14.5 Å². The summed E-state index contributed by atoms with van der Waals surface area (Å²) >= 11 is 1.36. The molecule has 0 radical (unpaired) electrons. The van der Waals surface area contributed by atoms with Gasteiger partial charge in [-0.3, -0.25) is 0 Å². The average Bonchev–Trinajstić information content (AvgIpc) is 3.19. The van der Waals surface area contributed by atoms with Crippen molar-refractivity contribution in [3.8, 4) is 0 Å². The highest BCUT2D eigenvalue weighted by atomic mass is 32.2. The molecule has 1 saturated heterocycles. The predicted molar refractivity (Wildman–Crippen MR) is 91.1 cm³/mol. The van der Waals surface area contributed by atoms with E-state index >= 15 is 0 Å². The van der Waals surface area contributed by atoms with Gasteiger partial charge in [0.25, 0.3) is 0 Å². The third kappa shape index (κ3) is 2.97. The van der Waals surface area contributed by atoms with Gasteiger partial charge in [-0.1, -0.05) is 11.8 Å². The lowest BCUT2D eigenvalue weighted by Gasteiger charge is -2.17. The number of hydrogen-bond acceptors (Lipinski definition) is 7. The summed E-state index contributed by atoms with van der Waals surface area (Å²) in [6.07, 6.45) is -1.01. The van der Waals surface area contributed by atoms with Gasteiger partial charge in [0.1, 0.15) is 41.1 Å². The lowest BCUT2D eigenvalue weighted by atomic mass is 10.1. The third-order valence-corrected chi connectivity index (χ3v) is 5.32. The molecule has 9 heteroatoms. The third-order valence-electron chi connectivity index (χ3n) is 4.29. The Morgan fingerprint density at radius 2 is 1.88 bits per heavy atom. The van der Waals surface area contributed by atoms with E-state index in [1.165, 1.54) is 30.2 Å². The van der Waals surface area contributed by atoms with E-state index in [1.54, 1.807) is 29.0 Å². The maximum atomic E-state index is 13.1. The van der Waals surface area contributed by atoms with E-state index in [-0.39, 0.29) is 5.82 Å². The molecule has 0 aliphatic carbocycles. The van der Waals surface area contributed by atoms with Gasteiger partial charge in [-0.25, -0.2) is 14.4 Å². The Hall–Kier alpha value is -2.04. The first-order chi connectivity index (χ1) is 12.6. The molecule has 0 unspecified atom stereocenters. The Morgan fingerprint density at radius 1 is 1.12 bits per heavy atom. The SMILES string of the molecule is OC[C@H]1O[C@@H](n2ccc3c(Sc4ccc(F)cc4)ncnc32)[C@H](O)[C@@H]1O. The zero-order chi connectivity index (χ0) is 18.3. The lowest BCUT2D eigenvalue weighted by molar-refractivity contribution is -0.0508. The summed E-state index contributed by atoms with van der Waals surface area (Å²) in [4.78, 5) is 9.36. The highest BCUT2D eigenvalue weighted by Gasteiger charge is 2.43. The van der Waals surface area contributed by atoms with Gasteiger partial charge in [-0.15, -0.1) is 0 Å². The molecule has 4 atom stereocenters. The van der Waals surface area contributed by atoms with Crippen molar-refractivity contribution in [3.05, 3.63) is 48.7 Å². The number of aromatic nitrogens is 3. The van der Waals surface area contributed by atoms with Crippen LogP contribution in [0.2, 0.25) is 0 Å². The molecule has 1 aromatic carbocycles. The summed E-state index contributed by atoms with van der Waals surface area (Å²) < 4.78 is 20.2. The molecule has 0 saturated carbocycles. The van der Waals surface area contributed by atoms with Crippen LogP contribution in [0.5, 0.6) is 0 Å². The molecule has 1 aliphatic heterocycles. The maximum absolute atomic E-state index is 13.1. The number of aliphatic hydroxyl groups is 3. The fraction of sp³-hybridized carbons (Fsp3) is 0.294. The second kappa shape index (κ2) is 6.93. The fourth-order valence-electron chi connectivity index (χ4n) is 2.96. The molecule has 3 heterocycles. The first-order valence-electron chi connectivity index (χ1n) is 7.96. The molecule has 3 N–H and O–H groups in total. The van der Waals surface area contributed by atoms with Crippen LogP contribution in [0.15, 0.2) is 52.8 Å². The second-order valence-electron chi connectivity index (χ2n) is 5.92. The molecule has 0 amide bonds. The van der Waals surface area contributed by atoms with Gasteiger partial charge in [0.05, 0.1) is 12.0 Å². The zero-order valence-electron chi connectivity index (χ0n) is 13.4. The van der Waals surface area contributed by atoms with E-state index in [1.807, 2.05) is 0 Å². The number of benzene rings is 1. The van der Waals surface area contributed by atoms with Crippen LogP contribution in [0.3, 0.4) is 0 Å². The van der Waals surface area contributed by atoms with Crippen molar-refractivity contribution in [2.24, 2.45) is 0 Å². The number of halogens is 1. The van der Waals surface area contributed by atoms with E-state index in [0.29, 0.717) is 10.7 Å². The highest BCUT2D eigenvalue weighted by Crippen LogP contribution is 2.35. The van der Waals surface area contributed by atoms with Gasteiger partial charge in [-0.05, 0) is 30.3 Å². The maximum Gasteiger partial charge on any atom is 0.164 e. The minimum absolute atomic E-state index is 0.308. The van der Waals surface area contributed by atoms with E-state index in [2.05, 4.69) is 9.97 Å². The van der Waals surface area contributed by atoms with Gasteiger partial charge >= 0.3 is 0 Å². The number of rotatable bonds is 4. The Bertz CT molecular complexity index is 920. The Kier molecular flexibility index (Phi) is 4.63. The molecule has 4 rings (SSSR count). The van der Waals surface area contributed by atoms with E-state index in [9.17, 15) is 19.7 Å². The summed E-state index contributed by atoms with van der Waals surface area (Å²) in [7, 11) is 0. The number of hydrogen-bond donors (Lipinski definition) is 3. The first kappa shape index (κ1) is 17.4. The van der Waals surface area contributed by atoms with Gasteiger partial charge in [0.15, 0.2) is 6.23 Å². The minimum atomic E-state index is -1.19. The van der Waals surface area contributed by atoms with Crippen LogP contribution in [-0.4, -0.2) is 54.8 Å². The molecular weight excluding hydrogens is 361 g/mol. The van der Waals surface area contributed by atoms with Gasteiger partial charge < -0.3 is 24.6 Å². The number of nitrogens with zero attached hydrogens (tertiary/aromatic N) is 3. The van der Waals surface area contributed by atoms with Crippen LogP contribution in [0.4, 0.5) is 4.39 Å². The van der Waals surface area contributed by atoms with Crippen molar-refractivity contribution < 1.29 is 24.4 Å². The predicted octanol–water partition coefficient (Wildman–Crippen LogP) is 1.33. The second-order valence-corrected chi connectivity index (χ2v) is 6.99. The average molecular weight is 377 g/mol. The molecule has 1 aliphatic rings. The molecule has 7 nitrogen and oxygen atoms in total. The quantitative estimate of drug-likeness (QED) is 0.590. The minimum Gasteiger partial charge on any atom is -0.394 e. The monoisotopic (exact) mass is 377 g/mol. The van der Waals surface area contributed by atoms with Crippen LogP contribution in [0, 0.1) is 5.82 Å². The van der Waals surface area contributed by atoms with Crippen LogP contribution in [-0.2, 0) is 4.74 Å². The molecule has 0 spiro atoms. The van der Waals surface area contributed by atoms with E-state index in [4.69, 9.17) is 4.74 Å². The van der Waals surface area contributed by atoms with Crippen LogP contribution in [0.25, 0.3) is 11.0 Å². The van der Waals surface area contributed by atoms with Crippen LogP contribution in [0.1, 0.15) is 6.23 Å². The number of fused-ring (bicyclic) bond motifs is 1. The van der Waals surface area contributed by atoms with Crippen molar-refractivity contribution in [1.29, 1.82) is 0 Å². The molecule has 26 heavy (non-hydrogen) atoms. The van der Waals surface area contributed by atoms with Crippen LogP contribution < -0.4 is 0 Å². The summed E-state index contributed by atoms with van der Waals surface area (Å²) in [5, 5.41) is 30.8. The van der Waals surface area contributed by atoms with Crippen LogP contribution >= 0.6 is 11.8 Å². The van der Waals surface area contributed by atoms with Gasteiger partial charge in [0.2, 0.25) is 0 Å². The molecule has 1 fully saturated rings. The Balaban J connectivity index is 1.68. The lowest BCUT2D eigenvalue weighted by Crippen LogP contribution is -2.33. The van der Waals surface area contributed by atoms with E-state index in [0.717, 1.165) is 10.3 Å². The van der Waals surface area contributed by atoms with Gasteiger partial charge in [0, 0.05) is 11.1 Å². The smallest absolute Gasteiger partial charge is 0.164 e. The first-order valence-corrected chi connectivity index (χ1v) is 8.77. The van der Waals surface area contributed by atoms with Gasteiger partial charge in [-0.2, -0.15) is 0 Å². The fourth-order valence-corrected chi connectivity index (χ4v) is 3.82. The molecule has 2 aromatic heterocycles. The number of ether oxygens (including phenoxy) is 1. The standard InChI is InChI=1S/C17H16FN3O4S/c18-9-1-3-10(4-2-9)26-16-11-5-6-21(15(11)19-8-20-16)17-14(24)13(23)12(7-22)25-17/h1-6,8,12-14,17,22-24H,7H2/t12-,13-,14-,17-/m1/s1. The van der Waals surface area contributed by atoms with E-state index < -0.39 is 31.1 Å². The van der Waals surface area contributed by atoms with Crippen molar-refractivity contribution >= 4 is 22.8 Å². The molecular formula is C17H16FN3O4S. The highest BCUT2D eigenvalue weighted by molar-refractivity contribution is 7.99. The largest absolute Gasteiger partial charge is 0.394 e.